The van der Waals surface area contributed by atoms with Crippen LogP contribution in [0.2, 0.25) is 0 Å². The molecule has 0 heteroatoms. The van der Waals surface area contributed by atoms with Gasteiger partial charge in [-0.1, -0.05) is 59.8 Å². The van der Waals surface area contributed by atoms with Crippen LogP contribution in [0.1, 0.15) is 54.9 Å². The number of hydrogen-bond acceptors (Lipinski definition) is 0. The summed E-state index contributed by atoms with van der Waals surface area (Å²) in [6.07, 6.45) is 3.33. The molecule has 0 atom stereocenters. The molecule has 0 nitrogen and oxygen atoms in total. The first kappa shape index (κ1) is 13.3. The lowest BCUT2D eigenvalue weighted by Crippen LogP contribution is -2.23. The highest BCUT2D eigenvalue weighted by Gasteiger charge is 2.31. The third-order valence-electron chi connectivity index (χ3n) is 3.15. The summed E-state index contributed by atoms with van der Waals surface area (Å²) in [4.78, 5) is 0. The van der Waals surface area contributed by atoms with Crippen LogP contribution in [0.5, 0.6) is 0 Å². The zero-order valence-electron chi connectivity index (χ0n) is 12.0. The van der Waals surface area contributed by atoms with Crippen molar-refractivity contribution in [2.24, 2.45) is 10.8 Å². The van der Waals surface area contributed by atoms with Crippen LogP contribution >= 0.6 is 0 Å². The third kappa shape index (κ3) is 2.48. The predicted octanol–water partition coefficient (Wildman–Crippen LogP) is 5.28. The lowest BCUT2D eigenvalue weighted by Gasteiger charge is -2.37. The van der Waals surface area contributed by atoms with Crippen LogP contribution in [0, 0.1) is 10.8 Å². The summed E-state index contributed by atoms with van der Waals surface area (Å²) in [5, 5.41) is 0. The van der Waals surface area contributed by atoms with Crippen molar-refractivity contribution in [3.8, 4) is 0 Å². The highest BCUT2D eigenvalue weighted by molar-refractivity contribution is 5.52. The lowest BCUT2D eigenvalue weighted by atomic mass is 9.67. The summed E-state index contributed by atoms with van der Waals surface area (Å²) in [6, 6.07) is 0. The summed E-state index contributed by atoms with van der Waals surface area (Å²) in [6.45, 7) is 20.2. The van der Waals surface area contributed by atoms with E-state index in [1.165, 1.54) is 22.3 Å². The third-order valence-corrected chi connectivity index (χ3v) is 3.15. The quantitative estimate of drug-likeness (QED) is 0.519. The molecular weight excluding hydrogens is 192 g/mol. The first-order chi connectivity index (χ1) is 7.05. The van der Waals surface area contributed by atoms with Crippen LogP contribution in [-0.2, 0) is 0 Å². The second kappa shape index (κ2) is 3.91. The van der Waals surface area contributed by atoms with E-state index in [4.69, 9.17) is 0 Å². The number of allylic oxidation sites excluding steroid dienone is 5. The van der Waals surface area contributed by atoms with E-state index in [-0.39, 0.29) is 10.8 Å². The van der Waals surface area contributed by atoms with Gasteiger partial charge in [-0.15, -0.1) is 0 Å². The fraction of sp³-hybridized carbons (Fsp3) is 0.625. The lowest BCUT2D eigenvalue weighted by molar-refractivity contribution is 0.450. The van der Waals surface area contributed by atoms with Gasteiger partial charge in [0.15, 0.2) is 0 Å². The van der Waals surface area contributed by atoms with Crippen LogP contribution in [0.4, 0.5) is 0 Å². The molecule has 0 N–H and O–H groups in total. The minimum Gasteiger partial charge on any atom is -0.0952 e. The molecule has 1 rings (SSSR count). The highest BCUT2D eigenvalue weighted by Crippen LogP contribution is 2.46. The summed E-state index contributed by atoms with van der Waals surface area (Å²) in [5.41, 5.74) is 6.09. The van der Waals surface area contributed by atoms with E-state index in [0.717, 1.165) is 6.42 Å². The molecule has 0 fully saturated rings. The maximum absolute atomic E-state index is 4.26. The predicted molar refractivity (Wildman–Crippen MR) is 73.5 cm³/mol. The summed E-state index contributed by atoms with van der Waals surface area (Å²) >= 11 is 0. The Morgan fingerprint density at radius 1 is 0.938 bits per heavy atom. The number of hydrogen-bond donors (Lipinski definition) is 0. The Morgan fingerprint density at radius 2 is 1.38 bits per heavy atom. The van der Waals surface area contributed by atoms with Crippen molar-refractivity contribution < 1.29 is 0 Å². The average Bonchev–Trinajstić information content (AvgIpc) is 2.04. The largest absolute Gasteiger partial charge is 0.0952 e. The van der Waals surface area contributed by atoms with E-state index >= 15 is 0 Å². The Labute approximate surface area is 101 Å². The molecule has 1 aliphatic carbocycles. The van der Waals surface area contributed by atoms with Gasteiger partial charge in [-0.3, -0.25) is 0 Å². The topological polar surface area (TPSA) is 0 Å². The van der Waals surface area contributed by atoms with Crippen LogP contribution < -0.4 is 0 Å². The van der Waals surface area contributed by atoms with Gasteiger partial charge in [0.25, 0.3) is 0 Å². The van der Waals surface area contributed by atoms with Crippen molar-refractivity contribution in [2.75, 3.05) is 0 Å². The molecule has 0 aromatic rings. The second-order valence-corrected chi connectivity index (χ2v) is 6.94. The van der Waals surface area contributed by atoms with Gasteiger partial charge in [-0.05, 0) is 40.9 Å². The van der Waals surface area contributed by atoms with Crippen molar-refractivity contribution >= 4 is 0 Å². The van der Waals surface area contributed by atoms with Crippen LogP contribution in [0.15, 0.2) is 34.9 Å². The summed E-state index contributed by atoms with van der Waals surface area (Å²) < 4.78 is 0. The monoisotopic (exact) mass is 218 g/mol. The van der Waals surface area contributed by atoms with E-state index in [2.05, 4.69) is 61.1 Å². The molecular formula is C16H26. The molecule has 0 saturated carbocycles. The van der Waals surface area contributed by atoms with E-state index in [0.29, 0.717) is 0 Å². The van der Waals surface area contributed by atoms with Crippen molar-refractivity contribution in [3.05, 3.63) is 34.9 Å². The van der Waals surface area contributed by atoms with Crippen molar-refractivity contribution in [1.29, 1.82) is 0 Å². The van der Waals surface area contributed by atoms with Gasteiger partial charge in [0, 0.05) is 0 Å². The smallest absolute Gasteiger partial charge is 0.00945 e. The highest BCUT2D eigenvalue weighted by atomic mass is 14.4. The van der Waals surface area contributed by atoms with Gasteiger partial charge >= 0.3 is 0 Å². The molecule has 0 saturated heterocycles. The SMILES string of the molecule is C=C1CC=C(C)C(C(C)(C)C)=C1C(C)(C)C. The summed E-state index contributed by atoms with van der Waals surface area (Å²) in [5.74, 6) is 0. The van der Waals surface area contributed by atoms with E-state index in [1.54, 1.807) is 0 Å². The van der Waals surface area contributed by atoms with Crippen molar-refractivity contribution in [2.45, 2.75) is 54.9 Å². The Kier molecular flexibility index (Phi) is 3.24. The molecule has 0 radical (unpaired) electrons. The first-order valence-electron chi connectivity index (χ1n) is 6.15. The fourth-order valence-electron chi connectivity index (χ4n) is 2.73. The van der Waals surface area contributed by atoms with Gasteiger partial charge in [0.05, 0.1) is 0 Å². The Hall–Kier alpha value is -0.780. The van der Waals surface area contributed by atoms with Gasteiger partial charge in [-0.2, -0.15) is 0 Å². The minimum absolute atomic E-state index is 0.190. The molecule has 0 amide bonds. The molecule has 0 aromatic carbocycles. The molecule has 0 spiro atoms. The molecule has 90 valence electrons. The molecule has 0 heterocycles. The number of rotatable bonds is 0. The normalized spacial score (nSPS) is 18.9. The Balaban J connectivity index is 3.50. The fourth-order valence-corrected chi connectivity index (χ4v) is 2.73. The maximum atomic E-state index is 4.26. The molecule has 16 heavy (non-hydrogen) atoms. The Morgan fingerprint density at radius 3 is 1.69 bits per heavy atom. The Bertz CT molecular complexity index is 346. The van der Waals surface area contributed by atoms with Crippen LogP contribution in [0.25, 0.3) is 0 Å². The zero-order valence-corrected chi connectivity index (χ0v) is 12.0. The second-order valence-electron chi connectivity index (χ2n) is 6.94. The van der Waals surface area contributed by atoms with E-state index in [1.807, 2.05) is 0 Å². The standard InChI is InChI=1S/C16H26/c1-11-9-10-12(2)14(16(6,7)8)13(11)15(3,4)5/h10H,1,9H2,2-8H3. The minimum atomic E-state index is 0.190. The van der Waals surface area contributed by atoms with Crippen molar-refractivity contribution in [3.63, 3.8) is 0 Å². The molecule has 0 bridgehead atoms. The zero-order chi connectivity index (χ0) is 12.7. The molecule has 0 aromatic heterocycles. The van der Waals surface area contributed by atoms with E-state index < -0.39 is 0 Å². The average molecular weight is 218 g/mol. The van der Waals surface area contributed by atoms with Crippen LogP contribution in [-0.4, -0.2) is 0 Å². The van der Waals surface area contributed by atoms with Gasteiger partial charge < -0.3 is 0 Å². The van der Waals surface area contributed by atoms with Crippen LogP contribution in [0.3, 0.4) is 0 Å². The van der Waals surface area contributed by atoms with Crippen molar-refractivity contribution in [1.82, 2.24) is 0 Å². The summed E-state index contributed by atoms with van der Waals surface area (Å²) in [7, 11) is 0. The van der Waals surface area contributed by atoms with Gasteiger partial charge in [0.2, 0.25) is 0 Å². The van der Waals surface area contributed by atoms with E-state index in [9.17, 15) is 0 Å². The molecule has 0 unspecified atom stereocenters. The van der Waals surface area contributed by atoms with Gasteiger partial charge in [-0.25, -0.2) is 0 Å². The molecule has 0 aliphatic heterocycles. The van der Waals surface area contributed by atoms with Gasteiger partial charge in [0.1, 0.15) is 0 Å². The maximum Gasteiger partial charge on any atom is -0.00945 e. The molecule has 1 aliphatic rings. The first-order valence-corrected chi connectivity index (χ1v) is 6.15.